The molecule has 0 atom stereocenters. The van der Waals surface area contributed by atoms with Crippen molar-refractivity contribution >= 4 is 5.97 Å². The van der Waals surface area contributed by atoms with Crippen molar-refractivity contribution in [1.82, 2.24) is 14.8 Å². The maximum Gasteiger partial charge on any atom is 0.360 e. The highest BCUT2D eigenvalue weighted by atomic mass is 16.5. The highest BCUT2D eigenvalue weighted by molar-refractivity contribution is 5.93. The molecule has 16 heavy (non-hydrogen) atoms. The molecule has 2 aromatic heterocycles. The van der Waals surface area contributed by atoms with Gasteiger partial charge in [-0.05, 0) is 13.0 Å². The van der Waals surface area contributed by atoms with Crippen LogP contribution < -0.4 is 0 Å². The number of ether oxygens (including phenoxy) is 1. The van der Waals surface area contributed by atoms with Crippen molar-refractivity contribution in [3.8, 4) is 11.5 Å². The SMILES string of the molecule is COC(=O)c1ncoc1-c1cc(C)nn1C. The maximum absolute atomic E-state index is 11.4. The Bertz CT molecular complexity index is 527. The van der Waals surface area contributed by atoms with E-state index in [2.05, 4.69) is 14.8 Å². The Kier molecular flexibility index (Phi) is 2.47. The van der Waals surface area contributed by atoms with Gasteiger partial charge in [0, 0.05) is 7.05 Å². The Morgan fingerprint density at radius 2 is 2.31 bits per heavy atom. The second kappa shape index (κ2) is 3.80. The van der Waals surface area contributed by atoms with Crippen molar-refractivity contribution in [3.05, 3.63) is 23.8 Å². The van der Waals surface area contributed by atoms with E-state index in [0.717, 1.165) is 5.69 Å². The number of aryl methyl sites for hydroxylation is 2. The van der Waals surface area contributed by atoms with Crippen LogP contribution in [0.1, 0.15) is 16.2 Å². The largest absolute Gasteiger partial charge is 0.464 e. The molecule has 0 fully saturated rings. The zero-order valence-corrected chi connectivity index (χ0v) is 9.22. The summed E-state index contributed by atoms with van der Waals surface area (Å²) in [6.07, 6.45) is 1.21. The Morgan fingerprint density at radius 1 is 1.56 bits per heavy atom. The first-order chi connectivity index (χ1) is 7.63. The molecule has 0 aliphatic rings. The number of esters is 1. The quantitative estimate of drug-likeness (QED) is 0.712. The zero-order valence-electron chi connectivity index (χ0n) is 9.22. The van der Waals surface area contributed by atoms with Crippen molar-refractivity contribution in [3.63, 3.8) is 0 Å². The lowest BCUT2D eigenvalue weighted by molar-refractivity contribution is 0.0595. The summed E-state index contributed by atoms with van der Waals surface area (Å²) in [5.74, 6) is -0.155. The van der Waals surface area contributed by atoms with Crippen LogP contribution in [0.4, 0.5) is 0 Å². The van der Waals surface area contributed by atoms with Crippen LogP contribution in [0.5, 0.6) is 0 Å². The first-order valence-electron chi connectivity index (χ1n) is 4.66. The molecule has 2 aromatic rings. The fourth-order valence-corrected chi connectivity index (χ4v) is 1.49. The van der Waals surface area contributed by atoms with E-state index < -0.39 is 5.97 Å². The summed E-state index contributed by atoms with van der Waals surface area (Å²) >= 11 is 0. The normalized spacial score (nSPS) is 10.4. The molecule has 0 aromatic carbocycles. The first-order valence-corrected chi connectivity index (χ1v) is 4.66. The molecule has 84 valence electrons. The van der Waals surface area contributed by atoms with Crippen LogP contribution in [-0.4, -0.2) is 27.8 Å². The molecule has 2 heterocycles. The van der Waals surface area contributed by atoms with Crippen LogP contribution >= 0.6 is 0 Å². The van der Waals surface area contributed by atoms with Gasteiger partial charge in [-0.15, -0.1) is 0 Å². The van der Waals surface area contributed by atoms with E-state index in [0.29, 0.717) is 11.5 Å². The van der Waals surface area contributed by atoms with Gasteiger partial charge in [0.25, 0.3) is 0 Å². The number of oxazole rings is 1. The number of methoxy groups -OCH3 is 1. The molecule has 0 amide bonds. The zero-order chi connectivity index (χ0) is 11.7. The van der Waals surface area contributed by atoms with Gasteiger partial charge in [0.15, 0.2) is 17.8 Å². The lowest BCUT2D eigenvalue weighted by atomic mass is 10.2. The van der Waals surface area contributed by atoms with Crippen LogP contribution in [0.15, 0.2) is 16.9 Å². The van der Waals surface area contributed by atoms with Crippen LogP contribution in [0, 0.1) is 6.92 Å². The number of rotatable bonds is 2. The molecule has 0 spiro atoms. The van der Waals surface area contributed by atoms with Crippen molar-refractivity contribution in [2.75, 3.05) is 7.11 Å². The van der Waals surface area contributed by atoms with E-state index in [9.17, 15) is 4.79 Å². The summed E-state index contributed by atoms with van der Waals surface area (Å²) < 4.78 is 11.4. The average Bonchev–Trinajstić information content (AvgIpc) is 2.83. The minimum Gasteiger partial charge on any atom is -0.464 e. The Balaban J connectivity index is 2.52. The fourth-order valence-electron chi connectivity index (χ4n) is 1.49. The number of carbonyl (C=O) groups excluding carboxylic acids is 1. The summed E-state index contributed by atoms with van der Waals surface area (Å²) in [5, 5.41) is 4.17. The third kappa shape index (κ3) is 1.58. The molecule has 0 N–H and O–H groups in total. The lowest BCUT2D eigenvalue weighted by Gasteiger charge is -1.99. The van der Waals surface area contributed by atoms with Gasteiger partial charge in [0.1, 0.15) is 5.69 Å². The van der Waals surface area contributed by atoms with Gasteiger partial charge in [-0.2, -0.15) is 5.10 Å². The second-order valence-corrected chi connectivity index (χ2v) is 3.32. The smallest absolute Gasteiger partial charge is 0.360 e. The molecule has 0 saturated heterocycles. The van der Waals surface area contributed by atoms with Gasteiger partial charge in [-0.1, -0.05) is 0 Å². The maximum atomic E-state index is 11.4. The molecule has 6 heteroatoms. The van der Waals surface area contributed by atoms with Crippen molar-refractivity contribution in [2.24, 2.45) is 7.05 Å². The predicted octanol–water partition coefficient (Wildman–Crippen LogP) is 1.17. The topological polar surface area (TPSA) is 70.2 Å². The molecule has 0 radical (unpaired) electrons. The lowest BCUT2D eigenvalue weighted by Crippen LogP contribution is -2.04. The molecular weight excluding hydrogens is 210 g/mol. The third-order valence-electron chi connectivity index (χ3n) is 2.18. The van der Waals surface area contributed by atoms with E-state index in [1.165, 1.54) is 13.5 Å². The Morgan fingerprint density at radius 3 is 2.88 bits per heavy atom. The number of aromatic nitrogens is 3. The van der Waals surface area contributed by atoms with Crippen molar-refractivity contribution < 1.29 is 13.9 Å². The van der Waals surface area contributed by atoms with E-state index >= 15 is 0 Å². The monoisotopic (exact) mass is 221 g/mol. The minimum atomic E-state index is -0.525. The van der Waals surface area contributed by atoms with Gasteiger partial charge in [-0.3, -0.25) is 4.68 Å². The van der Waals surface area contributed by atoms with Crippen molar-refractivity contribution in [1.29, 1.82) is 0 Å². The van der Waals surface area contributed by atoms with Gasteiger partial charge in [0.05, 0.1) is 12.8 Å². The summed E-state index contributed by atoms with van der Waals surface area (Å²) in [7, 11) is 3.07. The molecule has 0 unspecified atom stereocenters. The standard InChI is InChI=1S/C10H11N3O3/c1-6-4-7(13(2)12-6)9-8(10(14)15-3)11-5-16-9/h4-5H,1-3H3. The van der Waals surface area contributed by atoms with E-state index in [4.69, 9.17) is 4.42 Å². The predicted molar refractivity (Wildman–Crippen MR) is 54.8 cm³/mol. The van der Waals surface area contributed by atoms with Crippen LogP contribution in [0.3, 0.4) is 0 Å². The van der Waals surface area contributed by atoms with Gasteiger partial charge in [0.2, 0.25) is 0 Å². The summed E-state index contributed by atoms with van der Waals surface area (Å²) in [6, 6.07) is 1.81. The van der Waals surface area contributed by atoms with Gasteiger partial charge >= 0.3 is 5.97 Å². The molecule has 0 bridgehead atoms. The highest BCUT2D eigenvalue weighted by Gasteiger charge is 2.21. The van der Waals surface area contributed by atoms with Crippen LogP contribution in [0.2, 0.25) is 0 Å². The number of hydrogen-bond acceptors (Lipinski definition) is 5. The van der Waals surface area contributed by atoms with Gasteiger partial charge in [-0.25, -0.2) is 9.78 Å². The van der Waals surface area contributed by atoms with Crippen LogP contribution in [-0.2, 0) is 11.8 Å². The van der Waals surface area contributed by atoms with Crippen LogP contribution in [0.25, 0.3) is 11.5 Å². The number of nitrogens with zero attached hydrogens (tertiary/aromatic N) is 3. The molecule has 2 rings (SSSR count). The molecule has 6 nitrogen and oxygen atoms in total. The van der Waals surface area contributed by atoms with E-state index in [-0.39, 0.29) is 5.69 Å². The second-order valence-electron chi connectivity index (χ2n) is 3.32. The Hall–Kier alpha value is -2.11. The number of carbonyl (C=O) groups is 1. The highest BCUT2D eigenvalue weighted by Crippen LogP contribution is 2.23. The Labute approximate surface area is 91.8 Å². The molecule has 0 aliphatic heterocycles. The summed E-state index contributed by atoms with van der Waals surface area (Å²) in [5.41, 5.74) is 1.69. The molecular formula is C10H11N3O3. The fraction of sp³-hybridized carbons (Fsp3) is 0.300. The molecule has 0 saturated carbocycles. The summed E-state index contributed by atoms with van der Waals surface area (Å²) in [4.78, 5) is 15.2. The average molecular weight is 221 g/mol. The minimum absolute atomic E-state index is 0.158. The van der Waals surface area contributed by atoms with E-state index in [1.54, 1.807) is 11.7 Å². The molecule has 0 aliphatic carbocycles. The number of hydrogen-bond donors (Lipinski definition) is 0. The van der Waals surface area contributed by atoms with E-state index in [1.807, 2.05) is 13.0 Å². The van der Waals surface area contributed by atoms with Crippen molar-refractivity contribution in [2.45, 2.75) is 6.92 Å². The first kappa shape index (κ1) is 10.4. The van der Waals surface area contributed by atoms with Gasteiger partial charge < -0.3 is 9.15 Å². The summed E-state index contributed by atoms with van der Waals surface area (Å²) in [6.45, 7) is 1.86. The third-order valence-corrected chi connectivity index (χ3v) is 2.18.